The van der Waals surface area contributed by atoms with Crippen LogP contribution in [0.15, 0.2) is 42.5 Å². The van der Waals surface area contributed by atoms with Gasteiger partial charge in [-0.15, -0.1) is 0 Å². The second-order valence-corrected chi connectivity index (χ2v) is 6.25. The van der Waals surface area contributed by atoms with Gasteiger partial charge in [0.1, 0.15) is 11.6 Å². The van der Waals surface area contributed by atoms with Crippen molar-refractivity contribution < 1.29 is 27.1 Å². The first-order valence-corrected chi connectivity index (χ1v) is 8.46. The number of methoxy groups -OCH3 is 2. The monoisotopic (exact) mass is 367 g/mol. The highest BCUT2D eigenvalue weighted by atomic mass is 32.2. The molecule has 134 valence electrons. The minimum absolute atomic E-state index is 0.0645. The maximum Gasteiger partial charge on any atom is 0.337 e. The van der Waals surface area contributed by atoms with Crippen molar-refractivity contribution in [1.29, 1.82) is 0 Å². The van der Waals surface area contributed by atoms with Crippen LogP contribution in [0.2, 0.25) is 0 Å². The van der Waals surface area contributed by atoms with Crippen LogP contribution < -0.4 is 4.74 Å². The summed E-state index contributed by atoms with van der Waals surface area (Å²) < 4.78 is 48.0. The molecule has 0 amide bonds. The van der Waals surface area contributed by atoms with Crippen LogP contribution in [0, 0.1) is 5.82 Å². The number of thiol groups is 1. The molecule has 8 heteroatoms. The number of carbonyl (C=O) groups excluding carboxylic acids is 1. The zero-order valence-corrected chi connectivity index (χ0v) is 14.7. The molecule has 0 aliphatic carbocycles. The van der Waals surface area contributed by atoms with Gasteiger partial charge >= 0.3 is 5.97 Å². The summed E-state index contributed by atoms with van der Waals surface area (Å²) in [5.74, 6) is -0.726. The quantitative estimate of drug-likeness (QED) is 0.600. The molecule has 0 aliphatic rings. The zero-order valence-electron chi connectivity index (χ0n) is 13.8. The van der Waals surface area contributed by atoms with Gasteiger partial charge in [0.2, 0.25) is 10.9 Å². The van der Waals surface area contributed by atoms with Crippen molar-refractivity contribution in [2.45, 2.75) is 13.1 Å². The second-order valence-electron chi connectivity index (χ2n) is 5.21. The van der Waals surface area contributed by atoms with Gasteiger partial charge in [-0.2, -0.15) is 4.31 Å². The first kappa shape index (κ1) is 18.9. The van der Waals surface area contributed by atoms with Gasteiger partial charge in [0.15, 0.2) is 0 Å². The van der Waals surface area contributed by atoms with Gasteiger partial charge in [-0.25, -0.2) is 17.6 Å². The highest BCUT2D eigenvalue weighted by Gasteiger charge is 2.15. The summed E-state index contributed by atoms with van der Waals surface area (Å²) in [6, 6.07) is 10.8. The molecule has 0 heterocycles. The Balaban J connectivity index is 2.20. The van der Waals surface area contributed by atoms with Crippen LogP contribution in [-0.4, -0.2) is 32.9 Å². The average molecular weight is 367 g/mol. The molecule has 0 saturated carbocycles. The topological polar surface area (TPSA) is 72.9 Å². The normalized spacial score (nSPS) is 10.9. The Morgan fingerprint density at radius 1 is 1.12 bits per heavy atom. The molecule has 2 aromatic carbocycles. The smallest absolute Gasteiger partial charge is 0.337 e. The predicted molar refractivity (Wildman–Crippen MR) is 90.3 cm³/mol. The van der Waals surface area contributed by atoms with Crippen LogP contribution in [0.5, 0.6) is 5.75 Å². The maximum atomic E-state index is 14.2. The molecular formula is C17H18FNO5S. The van der Waals surface area contributed by atoms with E-state index in [-0.39, 0.29) is 24.2 Å². The first-order chi connectivity index (χ1) is 11.9. The SMILES string of the molecule is COC(=O)c1ccc(CN(Cc2cccc(OC)c2)[SH](=O)=O)c(F)c1. The Bertz CT molecular complexity index is 830. The molecule has 0 atom stereocenters. The van der Waals surface area contributed by atoms with Crippen LogP contribution >= 0.6 is 0 Å². The van der Waals surface area contributed by atoms with E-state index < -0.39 is 22.7 Å². The fourth-order valence-electron chi connectivity index (χ4n) is 2.27. The number of hydrogen-bond acceptors (Lipinski definition) is 5. The largest absolute Gasteiger partial charge is 0.497 e. The Morgan fingerprint density at radius 3 is 2.48 bits per heavy atom. The van der Waals surface area contributed by atoms with E-state index in [1.165, 1.54) is 26.4 Å². The summed E-state index contributed by atoms with van der Waals surface area (Å²) >= 11 is 0. The third kappa shape index (κ3) is 5.01. The summed E-state index contributed by atoms with van der Waals surface area (Å²) in [5, 5.41) is 0. The Morgan fingerprint density at radius 2 is 1.88 bits per heavy atom. The van der Waals surface area contributed by atoms with Crippen molar-refractivity contribution in [3.05, 3.63) is 65.0 Å². The molecule has 0 radical (unpaired) electrons. The molecule has 6 nitrogen and oxygen atoms in total. The van der Waals surface area contributed by atoms with Gasteiger partial charge in [-0.3, -0.25) is 0 Å². The Hall–Kier alpha value is -2.45. The minimum Gasteiger partial charge on any atom is -0.497 e. The van der Waals surface area contributed by atoms with Crippen molar-refractivity contribution >= 4 is 16.9 Å². The van der Waals surface area contributed by atoms with E-state index in [9.17, 15) is 17.6 Å². The van der Waals surface area contributed by atoms with Crippen molar-refractivity contribution in [3.8, 4) is 5.75 Å². The number of nitrogens with zero attached hydrogens (tertiary/aromatic N) is 1. The lowest BCUT2D eigenvalue weighted by atomic mass is 10.1. The molecular weight excluding hydrogens is 349 g/mol. The van der Waals surface area contributed by atoms with E-state index >= 15 is 0 Å². The number of benzene rings is 2. The first-order valence-electron chi connectivity index (χ1n) is 7.33. The van der Waals surface area contributed by atoms with Crippen LogP contribution in [-0.2, 0) is 28.7 Å². The van der Waals surface area contributed by atoms with E-state index in [0.717, 1.165) is 10.4 Å². The molecule has 0 N–H and O–H groups in total. The summed E-state index contributed by atoms with van der Waals surface area (Å²) in [6.45, 7) is -0.0721. The fourth-order valence-corrected chi connectivity index (χ4v) is 2.82. The molecule has 0 bridgehead atoms. The van der Waals surface area contributed by atoms with E-state index in [1.54, 1.807) is 24.3 Å². The minimum atomic E-state index is -2.93. The van der Waals surface area contributed by atoms with Gasteiger partial charge in [0.05, 0.1) is 19.8 Å². The van der Waals surface area contributed by atoms with Crippen LogP contribution in [0.3, 0.4) is 0 Å². The van der Waals surface area contributed by atoms with E-state index in [2.05, 4.69) is 4.74 Å². The molecule has 0 aliphatic heterocycles. The number of ether oxygens (including phenoxy) is 2. The third-order valence-corrected chi connectivity index (χ3v) is 4.30. The van der Waals surface area contributed by atoms with Gasteiger partial charge < -0.3 is 9.47 Å². The third-order valence-electron chi connectivity index (χ3n) is 3.56. The molecule has 0 spiro atoms. The molecule has 0 saturated heterocycles. The van der Waals surface area contributed by atoms with Crippen molar-refractivity contribution in [3.63, 3.8) is 0 Å². The lowest BCUT2D eigenvalue weighted by molar-refractivity contribution is 0.0600. The van der Waals surface area contributed by atoms with E-state index in [4.69, 9.17) is 4.74 Å². The summed E-state index contributed by atoms with van der Waals surface area (Å²) in [7, 11) is -0.209. The predicted octanol–water partition coefficient (Wildman–Crippen LogP) is 2.15. The highest BCUT2D eigenvalue weighted by molar-refractivity contribution is 7.69. The molecule has 2 rings (SSSR count). The van der Waals surface area contributed by atoms with Gasteiger partial charge in [-0.05, 0) is 29.8 Å². The standard InChI is InChI=1S/C17H18FNO5S/c1-23-15-5-3-4-12(8-15)10-19(25(21)22)11-14-7-6-13(9-16(14)18)17(20)24-2/h3-9,25H,10-11H2,1-2H3. The number of carbonyl (C=O) groups is 1. The Labute approximate surface area is 146 Å². The van der Waals surface area contributed by atoms with E-state index in [1.807, 2.05) is 0 Å². The maximum absolute atomic E-state index is 14.2. The second kappa shape index (κ2) is 8.59. The number of halogens is 1. The molecule has 0 fully saturated rings. The number of rotatable bonds is 7. The van der Waals surface area contributed by atoms with Crippen LogP contribution in [0.4, 0.5) is 4.39 Å². The van der Waals surface area contributed by atoms with Crippen LogP contribution in [0.1, 0.15) is 21.5 Å². The summed E-state index contributed by atoms with van der Waals surface area (Å²) in [5.41, 5.74) is 0.939. The number of esters is 1. The van der Waals surface area contributed by atoms with Gasteiger partial charge in [0, 0.05) is 18.7 Å². The van der Waals surface area contributed by atoms with Gasteiger partial charge in [-0.1, -0.05) is 18.2 Å². The van der Waals surface area contributed by atoms with Crippen LogP contribution in [0.25, 0.3) is 0 Å². The van der Waals surface area contributed by atoms with E-state index in [0.29, 0.717) is 11.3 Å². The zero-order chi connectivity index (χ0) is 18.4. The lowest BCUT2D eigenvalue weighted by Crippen LogP contribution is -2.21. The molecule has 2 aromatic rings. The molecule has 25 heavy (non-hydrogen) atoms. The van der Waals surface area contributed by atoms with Crippen molar-refractivity contribution in [2.24, 2.45) is 0 Å². The average Bonchev–Trinajstić information content (AvgIpc) is 2.61. The van der Waals surface area contributed by atoms with Crippen molar-refractivity contribution in [2.75, 3.05) is 14.2 Å². The van der Waals surface area contributed by atoms with Crippen molar-refractivity contribution in [1.82, 2.24) is 4.31 Å². The summed E-state index contributed by atoms with van der Waals surface area (Å²) in [4.78, 5) is 11.4. The number of hydrogen-bond donors (Lipinski definition) is 1. The molecule has 0 unspecified atom stereocenters. The Kier molecular flexibility index (Phi) is 6.49. The fraction of sp³-hybridized carbons (Fsp3) is 0.235. The lowest BCUT2D eigenvalue weighted by Gasteiger charge is -2.16. The summed E-state index contributed by atoms with van der Waals surface area (Å²) in [6.07, 6.45) is 0. The molecule has 0 aromatic heterocycles. The van der Waals surface area contributed by atoms with Gasteiger partial charge in [0.25, 0.3) is 0 Å². The highest BCUT2D eigenvalue weighted by Crippen LogP contribution is 2.18.